The van der Waals surface area contributed by atoms with E-state index in [1.165, 1.54) is 12.1 Å². The number of benzene rings is 2. The number of halogens is 1. The summed E-state index contributed by atoms with van der Waals surface area (Å²) in [5, 5.41) is 24.9. The van der Waals surface area contributed by atoms with Crippen molar-refractivity contribution in [3.05, 3.63) is 41.4 Å². The molecule has 0 fully saturated rings. The van der Waals surface area contributed by atoms with E-state index in [4.69, 9.17) is 11.6 Å². The number of para-hydroxylation sites is 1. The maximum Gasteiger partial charge on any atom is 0.158 e. The molecular formula is C14H11ClN2O2. The average molecular weight is 275 g/mol. The molecule has 1 heterocycles. The molecule has 2 N–H and O–H groups in total. The molecular weight excluding hydrogens is 264 g/mol. The minimum absolute atomic E-state index is 0.151. The van der Waals surface area contributed by atoms with Gasteiger partial charge in [0.05, 0.1) is 10.5 Å². The summed E-state index contributed by atoms with van der Waals surface area (Å²) in [6.45, 7) is 0. The minimum Gasteiger partial charge on any atom is -0.504 e. The lowest BCUT2D eigenvalue weighted by Gasteiger charge is -2.01. The highest BCUT2D eigenvalue weighted by Gasteiger charge is 2.13. The second kappa shape index (κ2) is 4.17. The van der Waals surface area contributed by atoms with E-state index in [1.807, 2.05) is 25.2 Å². The molecule has 3 aromatic rings. The van der Waals surface area contributed by atoms with Gasteiger partial charge in [0.1, 0.15) is 5.69 Å². The van der Waals surface area contributed by atoms with Crippen molar-refractivity contribution in [2.75, 3.05) is 0 Å². The molecule has 0 saturated heterocycles. The van der Waals surface area contributed by atoms with E-state index in [0.29, 0.717) is 5.02 Å². The predicted octanol–water partition coefficient (Wildman–Crippen LogP) is 3.30. The first-order chi connectivity index (χ1) is 9.08. The quantitative estimate of drug-likeness (QED) is 0.669. The standard InChI is InChI=1S/C14H11ClN2O2/c1-17-14-9(3-2-4-10(14)15)13(16-17)8-5-6-11(18)12(19)7-8/h2-7,18-19H,1H3. The van der Waals surface area contributed by atoms with Crippen LogP contribution in [0.4, 0.5) is 0 Å². The van der Waals surface area contributed by atoms with Crippen molar-refractivity contribution in [2.24, 2.45) is 7.05 Å². The summed E-state index contributed by atoms with van der Waals surface area (Å²) < 4.78 is 1.71. The van der Waals surface area contributed by atoms with E-state index in [-0.39, 0.29) is 11.5 Å². The second-order valence-electron chi connectivity index (χ2n) is 4.31. The van der Waals surface area contributed by atoms with Crippen molar-refractivity contribution in [2.45, 2.75) is 0 Å². The molecule has 0 unspecified atom stereocenters. The molecule has 0 atom stereocenters. The van der Waals surface area contributed by atoms with Crippen molar-refractivity contribution < 1.29 is 10.2 Å². The minimum atomic E-state index is -0.168. The summed E-state index contributed by atoms with van der Waals surface area (Å²) in [7, 11) is 1.82. The van der Waals surface area contributed by atoms with E-state index in [0.717, 1.165) is 22.2 Å². The van der Waals surface area contributed by atoms with Gasteiger partial charge in [-0.2, -0.15) is 5.10 Å². The monoisotopic (exact) mass is 274 g/mol. The molecule has 0 amide bonds. The van der Waals surface area contributed by atoms with Gasteiger partial charge in [-0.1, -0.05) is 23.7 Å². The third-order valence-electron chi connectivity index (χ3n) is 3.06. The Bertz CT molecular complexity index is 780. The largest absolute Gasteiger partial charge is 0.504 e. The number of phenolic OH excluding ortho intramolecular Hbond substituents is 2. The Hall–Kier alpha value is -2.20. The van der Waals surface area contributed by atoms with E-state index >= 15 is 0 Å². The zero-order chi connectivity index (χ0) is 13.6. The molecule has 0 aliphatic carbocycles. The summed E-state index contributed by atoms with van der Waals surface area (Å²) in [6, 6.07) is 10.2. The lowest BCUT2D eigenvalue weighted by Crippen LogP contribution is -1.90. The molecule has 4 nitrogen and oxygen atoms in total. The van der Waals surface area contributed by atoms with Crippen LogP contribution >= 0.6 is 11.6 Å². The fraction of sp³-hybridized carbons (Fsp3) is 0.0714. The van der Waals surface area contributed by atoms with E-state index in [1.54, 1.807) is 10.7 Å². The number of hydrogen-bond donors (Lipinski definition) is 2. The number of fused-ring (bicyclic) bond motifs is 1. The Morgan fingerprint density at radius 3 is 2.63 bits per heavy atom. The zero-order valence-electron chi connectivity index (χ0n) is 10.1. The Balaban J connectivity index is 2.31. The fourth-order valence-electron chi connectivity index (χ4n) is 2.17. The fourth-order valence-corrected chi connectivity index (χ4v) is 2.47. The van der Waals surface area contributed by atoms with Gasteiger partial charge < -0.3 is 10.2 Å². The molecule has 0 aliphatic rings. The number of aromatic nitrogens is 2. The molecule has 0 aliphatic heterocycles. The maximum atomic E-state index is 9.58. The SMILES string of the molecule is Cn1nc(-c2ccc(O)c(O)c2)c2cccc(Cl)c21. The normalized spacial score (nSPS) is 11.1. The van der Waals surface area contributed by atoms with Gasteiger partial charge >= 0.3 is 0 Å². The zero-order valence-corrected chi connectivity index (χ0v) is 10.9. The highest BCUT2D eigenvalue weighted by atomic mass is 35.5. The lowest BCUT2D eigenvalue weighted by molar-refractivity contribution is 0.404. The van der Waals surface area contributed by atoms with Crippen LogP contribution in [-0.2, 0) is 7.05 Å². The van der Waals surface area contributed by atoms with Crippen molar-refractivity contribution in [3.8, 4) is 22.8 Å². The van der Waals surface area contributed by atoms with Crippen LogP contribution in [0.15, 0.2) is 36.4 Å². The van der Waals surface area contributed by atoms with Gasteiger partial charge in [0.15, 0.2) is 11.5 Å². The highest BCUT2D eigenvalue weighted by molar-refractivity contribution is 6.35. The van der Waals surface area contributed by atoms with Crippen LogP contribution in [0.5, 0.6) is 11.5 Å². The van der Waals surface area contributed by atoms with Crippen LogP contribution < -0.4 is 0 Å². The molecule has 1 aromatic heterocycles. The molecule has 96 valence electrons. The lowest BCUT2D eigenvalue weighted by atomic mass is 10.1. The van der Waals surface area contributed by atoms with Crippen LogP contribution in [-0.4, -0.2) is 20.0 Å². The molecule has 2 aromatic carbocycles. The summed E-state index contributed by atoms with van der Waals surface area (Å²) >= 11 is 6.17. The summed E-state index contributed by atoms with van der Waals surface area (Å²) in [5.74, 6) is -0.319. The smallest absolute Gasteiger partial charge is 0.158 e. The first kappa shape index (κ1) is 11.9. The summed E-state index contributed by atoms with van der Waals surface area (Å²) in [6.07, 6.45) is 0. The number of phenols is 2. The Morgan fingerprint density at radius 1 is 1.11 bits per heavy atom. The van der Waals surface area contributed by atoms with Crippen molar-refractivity contribution in [1.29, 1.82) is 0 Å². The third-order valence-corrected chi connectivity index (χ3v) is 3.37. The Labute approximate surface area is 114 Å². The van der Waals surface area contributed by atoms with Crippen molar-refractivity contribution >= 4 is 22.5 Å². The first-order valence-electron chi connectivity index (χ1n) is 5.71. The van der Waals surface area contributed by atoms with Crippen LogP contribution in [0.25, 0.3) is 22.2 Å². The maximum absolute atomic E-state index is 9.58. The Morgan fingerprint density at radius 2 is 1.89 bits per heavy atom. The third kappa shape index (κ3) is 1.81. The van der Waals surface area contributed by atoms with Crippen LogP contribution in [0.1, 0.15) is 0 Å². The van der Waals surface area contributed by atoms with Gasteiger partial charge in [-0.25, -0.2) is 0 Å². The second-order valence-corrected chi connectivity index (χ2v) is 4.72. The van der Waals surface area contributed by atoms with Crippen LogP contribution in [0, 0.1) is 0 Å². The molecule has 0 bridgehead atoms. The topological polar surface area (TPSA) is 58.3 Å². The number of rotatable bonds is 1. The highest BCUT2D eigenvalue weighted by Crippen LogP contribution is 2.35. The van der Waals surface area contributed by atoms with Gasteiger partial charge in [0.2, 0.25) is 0 Å². The number of hydrogen-bond acceptors (Lipinski definition) is 3. The van der Waals surface area contributed by atoms with Crippen LogP contribution in [0.2, 0.25) is 5.02 Å². The van der Waals surface area contributed by atoms with E-state index in [9.17, 15) is 10.2 Å². The first-order valence-corrected chi connectivity index (χ1v) is 6.09. The summed E-state index contributed by atoms with van der Waals surface area (Å²) in [4.78, 5) is 0. The predicted molar refractivity (Wildman–Crippen MR) is 74.5 cm³/mol. The molecule has 19 heavy (non-hydrogen) atoms. The van der Waals surface area contributed by atoms with Crippen molar-refractivity contribution in [1.82, 2.24) is 9.78 Å². The van der Waals surface area contributed by atoms with E-state index in [2.05, 4.69) is 5.10 Å². The van der Waals surface area contributed by atoms with Crippen molar-refractivity contribution in [3.63, 3.8) is 0 Å². The average Bonchev–Trinajstić information content (AvgIpc) is 2.72. The number of aryl methyl sites for hydroxylation is 1. The summed E-state index contributed by atoms with van der Waals surface area (Å²) in [5.41, 5.74) is 2.28. The van der Waals surface area contributed by atoms with Gasteiger partial charge in [-0.05, 0) is 24.3 Å². The molecule has 0 radical (unpaired) electrons. The van der Waals surface area contributed by atoms with Gasteiger partial charge in [-0.15, -0.1) is 0 Å². The Kier molecular flexibility index (Phi) is 2.61. The van der Waals surface area contributed by atoms with Gasteiger partial charge in [-0.3, -0.25) is 4.68 Å². The molecule has 0 saturated carbocycles. The number of nitrogens with zero attached hydrogens (tertiary/aromatic N) is 2. The molecule has 5 heteroatoms. The van der Waals surface area contributed by atoms with Gasteiger partial charge in [0.25, 0.3) is 0 Å². The van der Waals surface area contributed by atoms with Crippen LogP contribution in [0.3, 0.4) is 0 Å². The number of aromatic hydroxyl groups is 2. The van der Waals surface area contributed by atoms with Gasteiger partial charge in [0, 0.05) is 18.0 Å². The molecule has 0 spiro atoms. The van der Waals surface area contributed by atoms with E-state index < -0.39 is 0 Å². The molecule has 3 rings (SSSR count).